The van der Waals surface area contributed by atoms with Gasteiger partial charge in [-0.1, -0.05) is 18.2 Å². The van der Waals surface area contributed by atoms with Crippen LogP contribution in [0.1, 0.15) is 16.7 Å². The molecule has 0 saturated carbocycles. The number of benzene rings is 1. The number of H-pyrrole nitrogens is 1. The highest BCUT2D eigenvalue weighted by Crippen LogP contribution is 2.29. The fraction of sp³-hybridized carbons (Fsp3) is 0.214. The summed E-state index contributed by atoms with van der Waals surface area (Å²) >= 11 is 0. The molecule has 0 aliphatic carbocycles. The maximum atomic E-state index is 12.5. The lowest BCUT2D eigenvalue weighted by Gasteiger charge is -2.09. The molecule has 2 aromatic rings. The molecule has 0 saturated heterocycles. The van der Waals surface area contributed by atoms with Crippen LogP contribution in [0.3, 0.4) is 0 Å². The highest BCUT2D eigenvalue weighted by Gasteiger charge is 2.30. The predicted molar refractivity (Wildman–Crippen MR) is 67.8 cm³/mol. The Morgan fingerprint density at radius 2 is 2.00 bits per heavy atom. The lowest BCUT2D eigenvalue weighted by molar-refractivity contribution is -0.137. The highest BCUT2D eigenvalue weighted by molar-refractivity contribution is 5.78. The summed E-state index contributed by atoms with van der Waals surface area (Å²) in [5.41, 5.74) is 0.502. The first-order valence-corrected chi connectivity index (χ1v) is 5.99. The molecular weight excluding hydrogens is 269 g/mol. The molecule has 0 spiro atoms. The van der Waals surface area contributed by atoms with E-state index >= 15 is 0 Å². The third kappa shape index (κ3) is 3.88. The summed E-state index contributed by atoms with van der Waals surface area (Å²) < 4.78 is 37.6. The Morgan fingerprint density at radius 3 is 2.65 bits per heavy atom. The van der Waals surface area contributed by atoms with Gasteiger partial charge >= 0.3 is 6.18 Å². The number of carbonyl (C=O) groups is 1. The lowest BCUT2D eigenvalue weighted by Crippen LogP contribution is -2.24. The van der Waals surface area contributed by atoms with Crippen LogP contribution in [0.5, 0.6) is 0 Å². The Morgan fingerprint density at radius 1 is 1.20 bits per heavy atom. The third-order valence-electron chi connectivity index (χ3n) is 2.77. The van der Waals surface area contributed by atoms with Crippen molar-refractivity contribution in [1.29, 1.82) is 0 Å². The molecule has 0 radical (unpaired) electrons. The van der Waals surface area contributed by atoms with Gasteiger partial charge in [0.1, 0.15) is 0 Å². The van der Waals surface area contributed by atoms with Crippen molar-refractivity contribution >= 4 is 5.91 Å². The van der Waals surface area contributed by atoms with Crippen LogP contribution in [0.4, 0.5) is 13.2 Å². The second-order valence-electron chi connectivity index (χ2n) is 4.37. The molecule has 0 fully saturated rings. The van der Waals surface area contributed by atoms with Gasteiger partial charge in [-0.25, -0.2) is 0 Å². The zero-order chi connectivity index (χ0) is 14.6. The number of hydrogen-bond donors (Lipinski definition) is 2. The summed E-state index contributed by atoms with van der Waals surface area (Å²) in [5, 5.41) is 2.65. The van der Waals surface area contributed by atoms with Gasteiger partial charge in [0, 0.05) is 18.9 Å². The average molecular weight is 282 g/mol. The second kappa shape index (κ2) is 5.81. The summed E-state index contributed by atoms with van der Waals surface area (Å²) in [5.74, 6) is -0.314. The molecule has 0 aliphatic heterocycles. The van der Waals surface area contributed by atoms with Crippen LogP contribution in [0, 0.1) is 0 Å². The molecule has 3 nitrogen and oxygen atoms in total. The first kappa shape index (κ1) is 14.2. The monoisotopic (exact) mass is 282 g/mol. The van der Waals surface area contributed by atoms with Crippen LogP contribution >= 0.6 is 0 Å². The van der Waals surface area contributed by atoms with Gasteiger partial charge in [0.15, 0.2) is 0 Å². The number of alkyl halides is 3. The molecule has 1 heterocycles. The fourth-order valence-electron chi connectivity index (χ4n) is 1.77. The van der Waals surface area contributed by atoms with Gasteiger partial charge in [0.25, 0.3) is 0 Å². The topological polar surface area (TPSA) is 44.9 Å². The van der Waals surface area contributed by atoms with Crippen molar-refractivity contribution < 1.29 is 18.0 Å². The molecule has 106 valence electrons. The molecule has 20 heavy (non-hydrogen) atoms. The number of aromatic amines is 1. The molecule has 0 aliphatic rings. The molecule has 2 rings (SSSR count). The first-order valence-electron chi connectivity index (χ1n) is 5.99. The molecule has 0 bridgehead atoms. The van der Waals surface area contributed by atoms with Gasteiger partial charge in [0.05, 0.1) is 12.0 Å². The van der Waals surface area contributed by atoms with E-state index in [-0.39, 0.29) is 12.3 Å². The van der Waals surface area contributed by atoms with Crippen LogP contribution in [0.25, 0.3) is 0 Å². The van der Waals surface area contributed by atoms with Crippen molar-refractivity contribution in [3.63, 3.8) is 0 Å². The minimum Gasteiger partial charge on any atom is -0.367 e. The van der Waals surface area contributed by atoms with Gasteiger partial charge in [-0.15, -0.1) is 0 Å². The minimum absolute atomic E-state index is 0.0751. The van der Waals surface area contributed by atoms with Crippen LogP contribution in [-0.2, 0) is 23.9 Å². The van der Waals surface area contributed by atoms with Crippen molar-refractivity contribution in [1.82, 2.24) is 10.3 Å². The SMILES string of the molecule is O=C(Cc1cccc(C(F)(F)F)c1)NCc1cc[nH]c1. The number of rotatable bonds is 4. The molecular formula is C14H13F3N2O. The van der Waals surface area contributed by atoms with Crippen molar-refractivity contribution in [2.24, 2.45) is 0 Å². The maximum absolute atomic E-state index is 12.5. The maximum Gasteiger partial charge on any atom is 0.416 e. The number of aromatic nitrogens is 1. The zero-order valence-electron chi connectivity index (χ0n) is 10.5. The van der Waals surface area contributed by atoms with Gasteiger partial charge in [-0.2, -0.15) is 13.2 Å². The van der Waals surface area contributed by atoms with E-state index in [9.17, 15) is 18.0 Å². The zero-order valence-corrected chi connectivity index (χ0v) is 10.5. The van der Waals surface area contributed by atoms with E-state index in [0.717, 1.165) is 17.7 Å². The second-order valence-corrected chi connectivity index (χ2v) is 4.37. The number of halogens is 3. The summed E-state index contributed by atoms with van der Waals surface area (Å²) in [6.45, 7) is 0.349. The Kier molecular flexibility index (Phi) is 4.12. The Balaban J connectivity index is 1.94. The quantitative estimate of drug-likeness (QED) is 0.889. The molecule has 2 N–H and O–H groups in total. The van der Waals surface area contributed by atoms with E-state index in [0.29, 0.717) is 12.1 Å². The van der Waals surface area contributed by atoms with Gasteiger partial charge in [0.2, 0.25) is 5.91 Å². The smallest absolute Gasteiger partial charge is 0.367 e. The van der Waals surface area contributed by atoms with Crippen LogP contribution in [0.2, 0.25) is 0 Å². The number of nitrogens with one attached hydrogen (secondary N) is 2. The Hall–Kier alpha value is -2.24. The Bertz CT molecular complexity index is 576. The van der Waals surface area contributed by atoms with E-state index in [2.05, 4.69) is 10.3 Å². The fourth-order valence-corrected chi connectivity index (χ4v) is 1.77. The summed E-state index contributed by atoms with van der Waals surface area (Å²) in [6, 6.07) is 6.60. The van der Waals surface area contributed by atoms with Crippen molar-refractivity contribution in [2.75, 3.05) is 0 Å². The van der Waals surface area contributed by atoms with E-state index < -0.39 is 11.7 Å². The largest absolute Gasteiger partial charge is 0.416 e. The van der Waals surface area contributed by atoms with E-state index in [4.69, 9.17) is 0 Å². The summed E-state index contributed by atoms with van der Waals surface area (Å²) in [6.07, 6.45) is -0.995. The number of amides is 1. The third-order valence-corrected chi connectivity index (χ3v) is 2.77. The standard InChI is InChI=1S/C14H13F3N2O/c15-14(16,17)12-3-1-2-10(6-12)7-13(20)19-9-11-4-5-18-8-11/h1-6,8,18H,7,9H2,(H,19,20). The highest BCUT2D eigenvalue weighted by atomic mass is 19.4. The van der Waals surface area contributed by atoms with Crippen molar-refractivity contribution in [3.05, 3.63) is 59.4 Å². The Labute approximate surface area is 113 Å². The summed E-state index contributed by atoms with van der Waals surface area (Å²) in [4.78, 5) is 14.5. The normalized spacial score (nSPS) is 11.3. The van der Waals surface area contributed by atoms with Crippen molar-refractivity contribution in [3.8, 4) is 0 Å². The minimum atomic E-state index is -4.39. The van der Waals surface area contributed by atoms with Crippen LogP contribution < -0.4 is 5.32 Å². The van der Waals surface area contributed by atoms with Crippen LogP contribution in [0.15, 0.2) is 42.7 Å². The molecule has 1 aromatic carbocycles. The van der Waals surface area contributed by atoms with E-state index in [1.165, 1.54) is 12.1 Å². The first-order chi connectivity index (χ1) is 9.45. The number of hydrogen-bond acceptors (Lipinski definition) is 1. The average Bonchev–Trinajstić information content (AvgIpc) is 2.89. The van der Waals surface area contributed by atoms with Gasteiger partial charge in [-0.3, -0.25) is 4.79 Å². The summed E-state index contributed by atoms with van der Waals surface area (Å²) in [7, 11) is 0. The molecule has 0 atom stereocenters. The van der Waals surface area contributed by atoms with E-state index in [1.54, 1.807) is 12.4 Å². The van der Waals surface area contributed by atoms with Gasteiger partial charge < -0.3 is 10.3 Å². The van der Waals surface area contributed by atoms with Crippen molar-refractivity contribution in [2.45, 2.75) is 19.1 Å². The van der Waals surface area contributed by atoms with E-state index in [1.807, 2.05) is 6.07 Å². The number of carbonyl (C=O) groups excluding carboxylic acids is 1. The molecule has 1 aromatic heterocycles. The molecule has 0 unspecified atom stereocenters. The molecule has 6 heteroatoms. The molecule has 1 amide bonds. The van der Waals surface area contributed by atoms with Crippen LogP contribution in [-0.4, -0.2) is 10.9 Å². The predicted octanol–water partition coefficient (Wildman–Crippen LogP) is 2.89. The van der Waals surface area contributed by atoms with Gasteiger partial charge in [-0.05, 0) is 23.3 Å². The lowest BCUT2D eigenvalue weighted by atomic mass is 10.1.